The Morgan fingerprint density at radius 1 is 1.15 bits per heavy atom. The molecular formula is C25H24ClN5O2. The molecule has 0 aliphatic heterocycles. The Morgan fingerprint density at radius 2 is 1.97 bits per heavy atom. The maximum atomic E-state index is 11.6. The first kappa shape index (κ1) is 22.4. The van der Waals surface area contributed by atoms with Crippen LogP contribution in [-0.2, 0) is 4.79 Å². The number of aromatic nitrogens is 2. The third-order valence-corrected chi connectivity index (χ3v) is 5.24. The Bertz CT molecular complexity index is 1280. The number of anilines is 2. The van der Waals surface area contributed by atoms with Gasteiger partial charge >= 0.3 is 0 Å². The molecule has 168 valence electrons. The number of carbonyl (C=O) groups excluding carboxylic acids is 1. The van der Waals surface area contributed by atoms with Gasteiger partial charge in [0.05, 0.1) is 11.6 Å². The van der Waals surface area contributed by atoms with Crippen LogP contribution in [0.4, 0.5) is 11.4 Å². The number of halogens is 1. The molecule has 2 aromatic carbocycles. The maximum absolute atomic E-state index is 11.6. The summed E-state index contributed by atoms with van der Waals surface area (Å²) in [7, 11) is 1.93. The highest BCUT2D eigenvalue weighted by Crippen LogP contribution is 2.38. The molecule has 4 aromatic rings. The molecule has 0 atom stereocenters. The van der Waals surface area contributed by atoms with Crippen molar-refractivity contribution in [1.29, 1.82) is 0 Å². The second kappa shape index (κ2) is 10.2. The number of amides is 1. The number of H-pyrrole nitrogens is 1. The first-order valence-electron chi connectivity index (χ1n) is 10.4. The van der Waals surface area contributed by atoms with Crippen LogP contribution in [0.2, 0.25) is 5.02 Å². The van der Waals surface area contributed by atoms with Crippen LogP contribution in [0, 0.1) is 0 Å². The number of pyridine rings is 1. The molecule has 7 nitrogen and oxygen atoms in total. The molecule has 33 heavy (non-hydrogen) atoms. The number of ether oxygens (including phenoxy) is 1. The monoisotopic (exact) mass is 461 g/mol. The smallest absolute Gasteiger partial charge is 0.247 e. The van der Waals surface area contributed by atoms with Crippen molar-refractivity contribution in [2.45, 2.75) is 0 Å². The van der Waals surface area contributed by atoms with Gasteiger partial charge in [0.25, 0.3) is 0 Å². The van der Waals surface area contributed by atoms with Gasteiger partial charge in [0, 0.05) is 36.2 Å². The van der Waals surface area contributed by atoms with Crippen molar-refractivity contribution in [3.8, 4) is 22.8 Å². The molecular weight excluding hydrogens is 438 g/mol. The molecule has 0 unspecified atom stereocenters. The lowest BCUT2D eigenvalue weighted by Crippen LogP contribution is -2.17. The summed E-state index contributed by atoms with van der Waals surface area (Å²) in [4.78, 5) is 19.3. The van der Waals surface area contributed by atoms with Crippen molar-refractivity contribution in [1.82, 2.24) is 15.3 Å². The van der Waals surface area contributed by atoms with Gasteiger partial charge in [-0.2, -0.15) is 0 Å². The zero-order valence-corrected chi connectivity index (χ0v) is 18.9. The van der Waals surface area contributed by atoms with Crippen LogP contribution >= 0.6 is 11.6 Å². The van der Waals surface area contributed by atoms with E-state index in [-0.39, 0.29) is 5.91 Å². The lowest BCUT2D eigenvalue weighted by atomic mass is 10.1. The minimum Gasteiger partial charge on any atom is -0.455 e. The van der Waals surface area contributed by atoms with Crippen LogP contribution in [-0.4, -0.2) is 36.0 Å². The molecule has 0 aliphatic rings. The van der Waals surface area contributed by atoms with Crippen LogP contribution in [0.15, 0.2) is 73.4 Å². The van der Waals surface area contributed by atoms with Crippen molar-refractivity contribution < 1.29 is 9.53 Å². The maximum Gasteiger partial charge on any atom is 0.247 e. The number of hydrogen-bond donors (Lipinski definition) is 4. The fraction of sp³-hybridized carbons (Fsp3) is 0.120. The van der Waals surface area contributed by atoms with Crippen LogP contribution in [0.25, 0.3) is 22.3 Å². The molecule has 0 fully saturated rings. The Morgan fingerprint density at radius 3 is 2.73 bits per heavy atom. The second-order valence-electron chi connectivity index (χ2n) is 7.31. The van der Waals surface area contributed by atoms with E-state index in [1.807, 2.05) is 37.4 Å². The quantitative estimate of drug-likeness (QED) is 0.197. The molecule has 8 heteroatoms. The predicted molar refractivity (Wildman–Crippen MR) is 134 cm³/mol. The van der Waals surface area contributed by atoms with Crippen molar-refractivity contribution in [3.63, 3.8) is 0 Å². The summed E-state index contributed by atoms with van der Waals surface area (Å²) in [6, 6.07) is 17.2. The summed E-state index contributed by atoms with van der Waals surface area (Å²) < 4.78 is 6.12. The number of carbonyl (C=O) groups is 1. The standard InChI is InChI=1S/C25H24ClN5O2/c1-3-23(32)30-18-5-4-6-19(13-18)33-24-20-14-22(31-25(20)29-15-21(24)26)16-7-9-17(10-8-16)28-12-11-27-2/h3-10,13-15,27-28H,1,11-12H2,2H3,(H,29,31)(H,30,32). The first-order chi connectivity index (χ1) is 16.1. The third kappa shape index (κ3) is 5.34. The number of benzene rings is 2. The molecule has 2 aromatic heterocycles. The lowest BCUT2D eigenvalue weighted by molar-refractivity contribution is -0.111. The van der Waals surface area contributed by atoms with Gasteiger partial charge in [0.2, 0.25) is 5.91 Å². The Hall–Kier alpha value is -3.81. The van der Waals surface area contributed by atoms with Gasteiger partial charge in [-0.15, -0.1) is 0 Å². The fourth-order valence-corrected chi connectivity index (χ4v) is 3.52. The van der Waals surface area contributed by atoms with Gasteiger partial charge in [-0.05, 0) is 49.0 Å². The minimum absolute atomic E-state index is 0.296. The summed E-state index contributed by atoms with van der Waals surface area (Å²) in [6.07, 6.45) is 2.76. The van der Waals surface area contributed by atoms with E-state index in [0.717, 1.165) is 35.4 Å². The summed E-state index contributed by atoms with van der Waals surface area (Å²) >= 11 is 6.44. The molecule has 2 heterocycles. The van der Waals surface area contributed by atoms with E-state index >= 15 is 0 Å². The number of fused-ring (bicyclic) bond motifs is 1. The molecule has 0 bridgehead atoms. The molecule has 0 saturated heterocycles. The summed E-state index contributed by atoms with van der Waals surface area (Å²) in [5.74, 6) is 0.725. The molecule has 0 saturated carbocycles. The van der Waals surface area contributed by atoms with Crippen LogP contribution in [0.3, 0.4) is 0 Å². The number of aromatic amines is 1. The third-order valence-electron chi connectivity index (χ3n) is 4.97. The van der Waals surface area contributed by atoms with E-state index in [2.05, 4.69) is 32.5 Å². The van der Waals surface area contributed by atoms with Gasteiger partial charge in [-0.1, -0.05) is 36.4 Å². The highest BCUT2D eigenvalue weighted by Gasteiger charge is 2.14. The Kier molecular flexibility index (Phi) is 6.92. The summed E-state index contributed by atoms with van der Waals surface area (Å²) in [6.45, 7) is 5.21. The second-order valence-corrected chi connectivity index (χ2v) is 7.72. The number of nitrogens with zero attached hydrogens (tertiary/aromatic N) is 1. The number of hydrogen-bond acceptors (Lipinski definition) is 5. The van der Waals surface area contributed by atoms with E-state index < -0.39 is 0 Å². The van der Waals surface area contributed by atoms with Gasteiger partial charge in [0.1, 0.15) is 16.4 Å². The highest BCUT2D eigenvalue weighted by molar-refractivity contribution is 6.33. The van der Waals surface area contributed by atoms with Gasteiger partial charge in [0.15, 0.2) is 5.75 Å². The van der Waals surface area contributed by atoms with Crippen molar-refractivity contribution in [2.24, 2.45) is 0 Å². The lowest BCUT2D eigenvalue weighted by Gasteiger charge is -2.10. The first-order valence-corrected chi connectivity index (χ1v) is 10.8. The fourth-order valence-electron chi connectivity index (χ4n) is 3.33. The molecule has 0 aliphatic carbocycles. The molecule has 4 N–H and O–H groups in total. The Balaban J connectivity index is 1.60. The average molecular weight is 462 g/mol. The van der Waals surface area contributed by atoms with Crippen molar-refractivity contribution in [3.05, 3.63) is 78.5 Å². The SMILES string of the molecule is C=CC(=O)Nc1cccc(Oc2c(Cl)cnc3[nH]c(-c4ccc(NCCNC)cc4)cc23)c1. The Labute approximate surface area is 196 Å². The van der Waals surface area contributed by atoms with Gasteiger partial charge in [-0.25, -0.2) is 4.98 Å². The zero-order valence-electron chi connectivity index (χ0n) is 18.1. The zero-order chi connectivity index (χ0) is 23.2. The van der Waals surface area contributed by atoms with Crippen LogP contribution in [0.1, 0.15) is 0 Å². The van der Waals surface area contributed by atoms with Gasteiger partial charge in [-0.3, -0.25) is 4.79 Å². The van der Waals surface area contributed by atoms with E-state index in [0.29, 0.717) is 27.9 Å². The number of likely N-dealkylation sites (N-methyl/N-ethyl adjacent to an activating group) is 1. The van der Waals surface area contributed by atoms with E-state index in [1.165, 1.54) is 6.08 Å². The van der Waals surface area contributed by atoms with Gasteiger partial charge < -0.3 is 25.7 Å². The van der Waals surface area contributed by atoms with Crippen molar-refractivity contribution in [2.75, 3.05) is 30.8 Å². The van der Waals surface area contributed by atoms with E-state index in [1.54, 1.807) is 30.5 Å². The molecule has 0 spiro atoms. The summed E-state index contributed by atoms with van der Waals surface area (Å²) in [5.41, 5.74) is 4.23. The minimum atomic E-state index is -0.296. The molecule has 1 amide bonds. The molecule has 0 radical (unpaired) electrons. The number of rotatable bonds is 9. The van der Waals surface area contributed by atoms with Crippen LogP contribution < -0.4 is 20.7 Å². The summed E-state index contributed by atoms with van der Waals surface area (Å²) in [5, 5.41) is 10.3. The predicted octanol–water partition coefficient (Wildman–Crippen LogP) is 5.43. The normalized spacial score (nSPS) is 10.7. The topological polar surface area (TPSA) is 91.1 Å². The molecule has 4 rings (SSSR count). The van der Waals surface area contributed by atoms with E-state index in [9.17, 15) is 4.79 Å². The largest absolute Gasteiger partial charge is 0.455 e. The van der Waals surface area contributed by atoms with Crippen LogP contribution in [0.5, 0.6) is 11.5 Å². The van der Waals surface area contributed by atoms with Crippen molar-refractivity contribution >= 4 is 39.9 Å². The highest BCUT2D eigenvalue weighted by atomic mass is 35.5. The van der Waals surface area contributed by atoms with E-state index in [4.69, 9.17) is 16.3 Å². The number of nitrogens with one attached hydrogen (secondary N) is 4. The average Bonchev–Trinajstić information content (AvgIpc) is 3.26.